The molecule has 146 valence electrons. The van der Waals surface area contributed by atoms with Crippen LogP contribution in [-0.4, -0.2) is 56.2 Å². The highest BCUT2D eigenvalue weighted by molar-refractivity contribution is 7.18. The van der Waals surface area contributed by atoms with Gasteiger partial charge in [-0.1, -0.05) is 12.1 Å². The van der Waals surface area contributed by atoms with E-state index in [-0.39, 0.29) is 5.91 Å². The van der Waals surface area contributed by atoms with E-state index < -0.39 is 0 Å². The minimum atomic E-state index is 0.0417. The zero-order chi connectivity index (χ0) is 19.5. The molecule has 0 bridgehead atoms. The highest BCUT2D eigenvalue weighted by atomic mass is 32.1. The standard InChI is InChI=1S/C21H23N3O3S/c1-26-17-8-7-15(13-18(17)27-2)21(25)24-11-9-23(10-12-24)14-20-22-16-5-3-4-6-19(16)28-20/h3-8,13H,9-12,14H2,1-2H3/p+1. The molecule has 0 spiro atoms. The number of piperazine rings is 1. The average Bonchev–Trinajstić information content (AvgIpc) is 3.15. The number of nitrogens with zero attached hydrogens (tertiary/aromatic N) is 2. The van der Waals surface area contributed by atoms with E-state index in [2.05, 4.69) is 18.2 Å². The molecule has 6 nitrogen and oxygen atoms in total. The first-order valence-corrected chi connectivity index (χ1v) is 10.2. The second-order valence-corrected chi connectivity index (χ2v) is 7.98. The maximum Gasteiger partial charge on any atom is 0.254 e. The highest BCUT2D eigenvalue weighted by Gasteiger charge is 2.26. The topological polar surface area (TPSA) is 56.1 Å². The van der Waals surface area contributed by atoms with E-state index in [0.29, 0.717) is 17.1 Å². The minimum Gasteiger partial charge on any atom is -0.493 e. The molecular formula is C21H24N3O3S+. The van der Waals surface area contributed by atoms with Crippen LogP contribution in [0.4, 0.5) is 0 Å². The molecule has 0 saturated carbocycles. The first-order valence-electron chi connectivity index (χ1n) is 9.37. The molecule has 0 radical (unpaired) electrons. The van der Waals surface area contributed by atoms with Crippen molar-refractivity contribution in [2.24, 2.45) is 0 Å². The van der Waals surface area contributed by atoms with Crippen molar-refractivity contribution in [2.75, 3.05) is 40.4 Å². The maximum atomic E-state index is 12.9. The molecular weight excluding hydrogens is 374 g/mol. The van der Waals surface area contributed by atoms with Gasteiger partial charge in [0.2, 0.25) is 0 Å². The summed E-state index contributed by atoms with van der Waals surface area (Å²) in [7, 11) is 3.17. The molecule has 1 fully saturated rings. The van der Waals surface area contributed by atoms with E-state index in [0.717, 1.165) is 43.2 Å². The van der Waals surface area contributed by atoms with Crippen molar-refractivity contribution in [3.63, 3.8) is 0 Å². The molecule has 2 aromatic carbocycles. The van der Waals surface area contributed by atoms with Crippen LogP contribution in [0.3, 0.4) is 0 Å². The number of rotatable bonds is 5. The number of thiazole rings is 1. The van der Waals surface area contributed by atoms with Crippen molar-refractivity contribution in [1.29, 1.82) is 0 Å². The first kappa shape index (κ1) is 18.7. The van der Waals surface area contributed by atoms with E-state index >= 15 is 0 Å². The molecule has 1 aromatic heterocycles. The summed E-state index contributed by atoms with van der Waals surface area (Å²) in [6.07, 6.45) is 0. The number of para-hydroxylation sites is 1. The van der Waals surface area contributed by atoms with Gasteiger partial charge in [0.15, 0.2) is 11.5 Å². The Kier molecular flexibility index (Phi) is 5.45. The second kappa shape index (κ2) is 8.16. The summed E-state index contributed by atoms with van der Waals surface area (Å²) in [5.41, 5.74) is 1.71. The van der Waals surface area contributed by atoms with Crippen LogP contribution in [0.25, 0.3) is 10.2 Å². The summed E-state index contributed by atoms with van der Waals surface area (Å²) < 4.78 is 11.8. The third-order valence-corrected chi connectivity index (χ3v) is 6.16. The number of nitrogens with one attached hydrogen (secondary N) is 1. The van der Waals surface area contributed by atoms with Gasteiger partial charge in [-0.25, -0.2) is 4.98 Å². The van der Waals surface area contributed by atoms with Gasteiger partial charge < -0.3 is 19.3 Å². The van der Waals surface area contributed by atoms with Crippen LogP contribution in [0.2, 0.25) is 0 Å². The number of hydrogen-bond donors (Lipinski definition) is 1. The van der Waals surface area contributed by atoms with Crippen molar-refractivity contribution < 1.29 is 19.2 Å². The monoisotopic (exact) mass is 398 g/mol. The van der Waals surface area contributed by atoms with Crippen LogP contribution in [0.15, 0.2) is 42.5 Å². The first-order chi connectivity index (χ1) is 13.7. The Morgan fingerprint density at radius 1 is 1.11 bits per heavy atom. The number of hydrogen-bond acceptors (Lipinski definition) is 5. The van der Waals surface area contributed by atoms with E-state index in [1.165, 1.54) is 9.60 Å². The normalized spacial score (nSPS) is 15.0. The Bertz CT molecular complexity index is 947. The SMILES string of the molecule is COc1ccc(C(=O)N2CC[NH+](Cc3nc4ccccc4s3)CC2)cc1OC. The molecule has 3 aromatic rings. The van der Waals surface area contributed by atoms with Gasteiger partial charge in [0, 0.05) is 5.56 Å². The zero-order valence-corrected chi connectivity index (χ0v) is 16.9. The van der Waals surface area contributed by atoms with E-state index in [9.17, 15) is 4.79 Å². The molecule has 1 aliphatic heterocycles. The van der Waals surface area contributed by atoms with Crippen molar-refractivity contribution in [3.05, 3.63) is 53.0 Å². The number of ether oxygens (including phenoxy) is 2. The number of quaternary nitrogens is 1. The van der Waals surface area contributed by atoms with Gasteiger partial charge in [-0.3, -0.25) is 4.79 Å². The fraction of sp³-hybridized carbons (Fsp3) is 0.333. The molecule has 7 heteroatoms. The summed E-state index contributed by atoms with van der Waals surface area (Å²) in [4.78, 5) is 21.0. The van der Waals surface area contributed by atoms with Gasteiger partial charge in [-0.15, -0.1) is 11.3 Å². The van der Waals surface area contributed by atoms with Gasteiger partial charge in [0.25, 0.3) is 5.91 Å². The summed E-state index contributed by atoms with van der Waals surface area (Å²) in [5.74, 6) is 1.25. The summed E-state index contributed by atoms with van der Waals surface area (Å²) >= 11 is 1.76. The number of carbonyl (C=O) groups excluding carboxylic acids is 1. The fourth-order valence-electron chi connectivity index (χ4n) is 3.56. The summed E-state index contributed by atoms with van der Waals surface area (Å²) in [6.45, 7) is 4.25. The molecule has 2 heterocycles. The van der Waals surface area contributed by atoms with Crippen molar-refractivity contribution in [3.8, 4) is 11.5 Å². The molecule has 1 amide bonds. The van der Waals surface area contributed by atoms with Crippen LogP contribution in [-0.2, 0) is 6.54 Å². The second-order valence-electron chi connectivity index (χ2n) is 6.86. The minimum absolute atomic E-state index is 0.0417. The molecule has 1 aliphatic rings. The number of methoxy groups -OCH3 is 2. The Labute approximate surface area is 168 Å². The predicted octanol–water partition coefficient (Wildman–Crippen LogP) is 1.85. The molecule has 0 unspecified atom stereocenters. The number of amides is 1. The van der Waals surface area contributed by atoms with Gasteiger partial charge >= 0.3 is 0 Å². The lowest BCUT2D eigenvalue weighted by atomic mass is 10.1. The lowest BCUT2D eigenvalue weighted by molar-refractivity contribution is -0.917. The lowest BCUT2D eigenvalue weighted by Crippen LogP contribution is -3.13. The van der Waals surface area contributed by atoms with Crippen molar-refractivity contribution >= 4 is 27.5 Å². The van der Waals surface area contributed by atoms with Gasteiger partial charge in [-0.2, -0.15) is 0 Å². The smallest absolute Gasteiger partial charge is 0.254 e. The third-order valence-electron chi connectivity index (χ3n) is 5.13. The molecule has 1 saturated heterocycles. The number of carbonyl (C=O) groups is 1. The number of aromatic nitrogens is 1. The van der Waals surface area contributed by atoms with Crippen LogP contribution in [0, 0.1) is 0 Å². The summed E-state index contributed by atoms with van der Waals surface area (Å²) in [6, 6.07) is 13.6. The predicted molar refractivity (Wildman–Crippen MR) is 109 cm³/mol. The average molecular weight is 399 g/mol. The van der Waals surface area contributed by atoms with E-state index in [1.54, 1.807) is 43.8 Å². The van der Waals surface area contributed by atoms with Gasteiger partial charge in [0.1, 0.15) is 11.6 Å². The van der Waals surface area contributed by atoms with Crippen LogP contribution in [0.5, 0.6) is 11.5 Å². The lowest BCUT2D eigenvalue weighted by Gasteiger charge is -2.32. The van der Waals surface area contributed by atoms with Crippen LogP contribution >= 0.6 is 11.3 Å². The Morgan fingerprint density at radius 2 is 1.86 bits per heavy atom. The zero-order valence-electron chi connectivity index (χ0n) is 16.1. The fourth-order valence-corrected chi connectivity index (χ4v) is 4.60. The Balaban J connectivity index is 1.37. The maximum absolute atomic E-state index is 12.9. The largest absolute Gasteiger partial charge is 0.493 e. The van der Waals surface area contributed by atoms with Gasteiger partial charge in [-0.05, 0) is 30.3 Å². The quantitative estimate of drug-likeness (QED) is 0.713. The van der Waals surface area contributed by atoms with E-state index in [4.69, 9.17) is 14.5 Å². The molecule has 1 N–H and O–H groups in total. The van der Waals surface area contributed by atoms with Crippen LogP contribution in [0.1, 0.15) is 15.4 Å². The summed E-state index contributed by atoms with van der Waals surface area (Å²) in [5, 5.41) is 1.16. The third kappa shape index (κ3) is 3.81. The number of benzene rings is 2. The Hall–Kier alpha value is -2.64. The number of fused-ring (bicyclic) bond motifs is 1. The van der Waals surface area contributed by atoms with Crippen molar-refractivity contribution in [1.82, 2.24) is 9.88 Å². The molecule has 28 heavy (non-hydrogen) atoms. The van der Waals surface area contributed by atoms with Crippen molar-refractivity contribution in [2.45, 2.75) is 6.54 Å². The molecule has 0 atom stereocenters. The molecule has 4 rings (SSSR count). The van der Waals surface area contributed by atoms with Crippen LogP contribution < -0.4 is 14.4 Å². The highest BCUT2D eigenvalue weighted by Crippen LogP contribution is 2.28. The van der Waals surface area contributed by atoms with E-state index in [1.807, 2.05) is 11.0 Å². The Morgan fingerprint density at radius 3 is 2.57 bits per heavy atom. The van der Waals surface area contributed by atoms with Gasteiger partial charge in [0.05, 0.1) is 50.6 Å². The molecule has 0 aliphatic carbocycles.